The number of hydrogen-bond acceptors (Lipinski definition) is 4. The van der Waals surface area contributed by atoms with Gasteiger partial charge in [0, 0.05) is 11.6 Å². The van der Waals surface area contributed by atoms with Crippen molar-refractivity contribution in [2.45, 2.75) is 45.6 Å². The Kier molecular flexibility index (Phi) is 8.90. The Morgan fingerprint density at radius 1 is 0.722 bits per heavy atom. The fourth-order valence-corrected chi connectivity index (χ4v) is 4.08. The van der Waals surface area contributed by atoms with Crippen molar-refractivity contribution in [2.24, 2.45) is 0 Å². The van der Waals surface area contributed by atoms with Crippen LogP contribution in [0.1, 0.15) is 53.4 Å². The molecule has 0 amide bonds. The van der Waals surface area contributed by atoms with Gasteiger partial charge in [0.25, 0.3) is 0 Å². The van der Waals surface area contributed by atoms with Crippen LogP contribution in [0.15, 0.2) is 109 Å². The largest absolute Gasteiger partial charge is 0.485 e. The van der Waals surface area contributed by atoms with E-state index in [1.807, 2.05) is 104 Å². The molecule has 2 atom stereocenters. The zero-order valence-corrected chi connectivity index (χ0v) is 20.9. The third kappa shape index (κ3) is 6.83. The van der Waals surface area contributed by atoms with Crippen molar-refractivity contribution in [3.05, 3.63) is 131 Å². The number of carbonyl (C=O) groups is 1. The molecule has 0 bridgehead atoms. The first kappa shape index (κ1) is 25.2. The van der Waals surface area contributed by atoms with Crippen molar-refractivity contribution >= 4 is 5.78 Å². The monoisotopic (exact) mass is 479 g/mol. The summed E-state index contributed by atoms with van der Waals surface area (Å²) in [4.78, 5) is 13.5. The first-order valence-corrected chi connectivity index (χ1v) is 12.5. The van der Waals surface area contributed by atoms with Gasteiger partial charge in [0.2, 0.25) is 0 Å². The first-order chi connectivity index (χ1) is 17.6. The van der Waals surface area contributed by atoms with Crippen LogP contribution in [-0.4, -0.2) is 11.8 Å². The average molecular weight is 480 g/mol. The third-order valence-electron chi connectivity index (χ3n) is 6.18. The second-order valence-corrected chi connectivity index (χ2v) is 8.83. The highest BCUT2D eigenvalue weighted by atomic mass is 16.5. The van der Waals surface area contributed by atoms with Gasteiger partial charge in [-0.2, -0.15) is 0 Å². The molecule has 4 nitrogen and oxygen atoms in total. The Morgan fingerprint density at radius 2 is 1.25 bits per heavy atom. The van der Waals surface area contributed by atoms with Gasteiger partial charge in [-0.1, -0.05) is 97.9 Å². The van der Waals surface area contributed by atoms with Gasteiger partial charge in [0.15, 0.2) is 17.3 Å². The van der Waals surface area contributed by atoms with Gasteiger partial charge in [-0.05, 0) is 48.2 Å². The molecule has 0 unspecified atom stereocenters. The lowest BCUT2D eigenvalue weighted by Crippen LogP contribution is -2.37. The number of carbonyl (C=O) groups excluding carboxylic acids is 1. The highest BCUT2D eigenvalue weighted by Gasteiger charge is 2.22. The van der Waals surface area contributed by atoms with Crippen LogP contribution < -0.4 is 14.8 Å². The van der Waals surface area contributed by atoms with Gasteiger partial charge in [-0.3, -0.25) is 4.79 Å². The fourth-order valence-electron chi connectivity index (χ4n) is 4.08. The first-order valence-electron chi connectivity index (χ1n) is 12.5. The van der Waals surface area contributed by atoms with Crippen molar-refractivity contribution in [3.63, 3.8) is 0 Å². The van der Waals surface area contributed by atoms with Gasteiger partial charge in [0.05, 0.1) is 6.04 Å². The summed E-state index contributed by atoms with van der Waals surface area (Å²) < 4.78 is 12.3. The van der Waals surface area contributed by atoms with E-state index in [4.69, 9.17) is 9.47 Å². The number of nitrogens with one attached hydrogen (secondary N) is 1. The molecule has 4 rings (SSSR count). The van der Waals surface area contributed by atoms with Crippen LogP contribution in [0, 0.1) is 0 Å². The van der Waals surface area contributed by atoms with Crippen LogP contribution in [0.5, 0.6) is 11.5 Å². The molecule has 0 saturated carbocycles. The van der Waals surface area contributed by atoms with E-state index in [2.05, 4.69) is 24.4 Å². The Morgan fingerprint density at radius 3 is 1.81 bits per heavy atom. The number of hydrogen-bond donors (Lipinski definition) is 1. The van der Waals surface area contributed by atoms with Crippen molar-refractivity contribution in [3.8, 4) is 11.5 Å². The molecule has 4 heteroatoms. The molecule has 0 aliphatic rings. The zero-order chi connectivity index (χ0) is 25.2. The lowest BCUT2D eigenvalue weighted by Gasteiger charge is -2.22. The van der Waals surface area contributed by atoms with Gasteiger partial charge in [-0.25, -0.2) is 0 Å². The van der Waals surface area contributed by atoms with Crippen LogP contribution in [0.25, 0.3) is 0 Å². The molecular weight excluding hydrogens is 446 g/mol. The smallest absolute Gasteiger partial charge is 0.179 e. The predicted molar refractivity (Wildman–Crippen MR) is 144 cm³/mol. The summed E-state index contributed by atoms with van der Waals surface area (Å²) in [6.07, 6.45) is 0.683. The summed E-state index contributed by atoms with van der Waals surface area (Å²) in [6.45, 7) is 4.92. The van der Waals surface area contributed by atoms with Crippen LogP contribution >= 0.6 is 0 Å². The number of Topliss-reactive ketones (excluding diaryl/α,β-unsaturated/α-hetero) is 1. The van der Waals surface area contributed by atoms with Crippen molar-refractivity contribution in [2.75, 3.05) is 0 Å². The van der Waals surface area contributed by atoms with E-state index in [1.165, 1.54) is 0 Å². The van der Waals surface area contributed by atoms with Crippen molar-refractivity contribution < 1.29 is 14.3 Å². The molecule has 0 heterocycles. The lowest BCUT2D eigenvalue weighted by molar-refractivity contribution is 0.0933. The van der Waals surface area contributed by atoms with E-state index < -0.39 is 0 Å². The van der Waals surface area contributed by atoms with Crippen LogP contribution in [0.4, 0.5) is 0 Å². The molecule has 1 N–H and O–H groups in total. The Hall–Kier alpha value is -3.89. The topological polar surface area (TPSA) is 47.6 Å². The minimum absolute atomic E-state index is 0.0412. The molecule has 0 saturated heterocycles. The molecule has 36 heavy (non-hydrogen) atoms. The van der Waals surface area contributed by atoms with Gasteiger partial charge < -0.3 is 14.8 Å². The van der Waals surface area contributed by atoms with Crippen LogP contribution in [-0.2, 0) is 13.2 Å². The van der Waals surface area contributed by atoms with E-state index in [-0.39, 0.29) is 17.9 Å². The molecule has 184 valence electrons. The van der Waals surface area contributed by atoms with E-state index in [9.17, 15) is 4.79 Å². The van der Waals surface area contributed by atoms with Gasteiger partial charge in [0.1, 0.15) is 13.2 Å². The minimum atomic E-state index is -0.307. The maximum absolute atomic E-state index is 13.5. The van der Waals surface area contributed by atoms with E-state index in [0.29, 0.717) is 36.7 Å². The standard InChI is InChI=1S/C32H33NO3/c1-3-29(33-24(2)27-17-11-6-12-18-27)32(34)28-19-20-30(35-22-25-13-7-4-8-14-25)31(21-28)36-23-26-15-9-5-10-16-26/h4-21,24,29,33H,3,22-23H2,1-2H3/t24-,29-/m0/s1. The minimum Gasteiger partial charge on any atom is -0.485 e. The Bertz CT molecular complexity index is 1230. The molecule has 0 radical (unpaired) electrons. The Balaban J connectivity index is 1.53. The SMILES string of the molecule is CC[C@H](N[C@@H](C)c1ccccc1)C(=O)c1ccc(OCc2ccccc2)c(OCc2ccccc2)c1. The number of benzene rings is 4. The summed E-state index contributed by atoms with van der Waals surface area (Å²) in [5.41, 5.74) is 3.87. The number of ether oxygens (including phenoxy) is 2. The summed E-state index contributed by atoms with van der Waals surface area (Å²) in [7, 11) is 0. The number of rotatable bonds is 12. The summed E-state index contributed by atoms with van der Waals surface area (Å²) >= 11 is 0. The molecule has 0 fully saturated rings. The summed E-state index contributed by atoms with van der Waals surface area (Å²) in [5.74, 6) is 1.22. The number of ketones is 1. The molecular formula is C32H33NO3. The molecule has 0 aromatic heterocycles. The molecule has 0 aliphatic heterocycles. The maximum atomic E-state index is 13.5. The van der Waals surface area contributed by atoms with E-state index in [1.54, 1.807) is 0 Å². The van der Waals surface area contributed by atoms with Gasteiger partial charge in [-0.15, -0.1) is 0 Å². The quantitative estimate of drug-likeness (QED) is 0.219. The van der Waals surface area contributed by atoms with E-state index in [0.717, 1.165) is 16.7 Å². The highest BCUT2D eigenvalue weighted by molar-refractivity contribution is 6.00. The lowest BCUT2D eigenvalue weighted by atomic mass is 9.99. The normalized spacial score (nSPS) is 12.5. The molecule has 4 aromatic rings. The predicted octanol–water partition coefficient (Wildman–Crippen LogP) is 7.16. The molecule has 0 aliphatic carbocycles. The second-order valence-electron chi connectivity index (χ2n) is 8.83. The molecule has 4 aromatic carbocycles. The maximum Gasteiger partial charge on any atom is 0.179 e. The van der Waals surface area contributed by atoms with Crippen molar-refractivity contribution in [1.82, 2.24) is 5.32 Å². The van der Waals surface area contributed by atoms with Crippen LogP contribution in [0.3, 0.4) is 0 Å². The summed E-state index contributed by atoms with van der Waals surface area (Å²) in [6, 6.07) is 35.4. The second kappa shape index (κ2) is 12.7. The van der Waals surface area contributed by atoms with Crippen LogP contribution in [0.2, 0.25) is 0 Å². The summed E-state index contributed by atoms with van der Waals surface area (Å²) in [5, 5.41) is 3.50. The Labute approximate surface area is 213 Å². The zero-order valence-electron chi connectivity index (χ0n) is 20.9. The third-order valence-corrected chi connectivity index (χ3v) is 6.18. The van der Waals surface area contributed by atoms with Crippen molar-refractivity contribution in [1.29, 1.82) is 0 Å². The average Bonchev–Trinajstić information content (AvgIpc) is 2.95. The van der Waals surface area contributed by atoms with E-state index >= 15 is 0 Å². The van der Waals surface area contributed by atoms with Gasteiger partial charge >= 0.3 is 0 Å². The highest BCUT2D eigenvalue weighted by Crippen LogP contribution is 2.31. The fraction of sp³-hybridized carbons (Fsp3) is 0.219. The molecule has 0 spiro atoms.